The van der Waals surface area contributed by atoms with Gasteiger partial charge in [-0.25, -0.2) is 4.79 Å². The lowest BCUT2D eigenvalue weighted by Crippen LogP contribution is -2.06. The summed E-state index contributed by atoms with van der Waals surface area (Å²) in [5.41, 5.74) is 0.686. The van der Waals surface area contributed by atoms with E-state index < -0.39 is 5.97 Å². The number of benzene rings is 1. The van der Waals surface area contributed by atoms with Crippen LogP contribution in [-0.4, -0.2) is 28.8 Å². The Balaban J connectivity index is 2.21. The summed E-state index contributed by atoms with van der Waals surface area (Å²) in [6, 6.07) is 7.24. The zero-order chi connectivity index (χ0) is 14.5. The van der Waals surface area contributed by atoms with Gasteiger partial charge in [0.25, 0.3) is 11.7 Å². The lowest BCUT2D eigenvalue weighted by atomic mass is 10.2. The van der Waals surface area contributed by atoms with Crippen LogP contribution in [0.4, 0.5) is 0 Å². The van der Waals surface area contributed by atoms with E-state index in [0.717, 1.165) is 0 Å². The van der Waals surface area contributed by atoms with E-state index >= 15 is 0 Å². The van der Waals surface area contributed by atoms with Crippen molar-refractivity contribution in [1.82, 2.24) is 10.1 Å². The van der Waals surface area contributed by atoms with E-state index in [1.165, 1.54) is 0 Å². The molecule has 1 aromatic heterocycles. The van der Waals surface area contributed by atoms with Crippen LogP contribution in [0.2, 0.25) is 0 Å². The molecule has 0 saturated carbocycles. The van der Waals surface area contributed by atoms with E-state index in [2.05, 4.69) is 10.1 Å². The Morgan fingerprint density at radius 3 is 2.90 bits per heavy atom. The fourth-order valence-corrected chi connectivity index (χ4v) is 1.59. The molecule has 1 heterocycles. The maximum atomic E-state index is 11.5. The molecule has 6 nitrogen and oxygen atoms in total. The molecule has 0 unspecified atom stereocenters. The van der Waals surface area contributed by atoms with Crippen molar-refractivity contribution in [3.05, 3.63) is 30.1 Å². The zero-order valence-corrected chi connectivity index (χ0v) is 11.6. The van der Waals surface area contributed by atoms with Crippen LogP contribution < -0.4 is 4.74 Å². The van der Waals surface area contributed by atoms with Gasteiger partial charge in [-0.3, -0.25) is 0 Å². The van der Waals surface area contributed by atoms with Gasteiger partial charge in [0, 0.05) is 5.56 Å². The highest BCUT2D eigenvalue weighted by Crippen LogP contribution is 2.23. The Morgan fingerprint density at radius 1 is 1.40 bits per heavy atom. The molecular weight excluding hydrogens is 260 g/mol. The molecule has 0 atom stereocenters. The summed E-state index contributed by atoms with van der Waals surface area (Å²) in [5, 5.41) is 3.60. The van der Waals surface area contributed by atoms with Gasteiger partial charge in [0.05, 0.1) is 12.7 Å². The van der Waals surface area contributed by atoms with Crippen molar-refractivity contribution in [3.63, 3.8) is 0 Å². The maximum Gasteiger partial charge on any atom is 0.379 e. The number of hydrogen-bond acceptors (Lipinski definition) is 6. The van der Waals surface area contributed by atoms with Crippen LogP contribution in [0.15, 0.2) is 28.8 Å². The molecule has 6 heteroatoms. The van der Waals surface area contributed by atoms with Gasteiger partial charge in [-0.2, -0.15) is 4.98 Å². The van der Waals surface area contributed by atoms with Crippen LogP contribution in [0.3, 0.4) is 0 Å². The summed E-state index contributed by atoms with van der Waals surface area (Å²) in [6.45, 7) is 5.86. The molecule has 2 aromatic rings. The highest BCUT2D eigenvalue weighted by atomic mass is 16.5. The van der Waals surface area contributed by atoms with E-state index in [4.69, 9.17) is 14.0 Å². The molecule has 0 aliphatic carbocycles. The molecule has 0 N–H and O–H groups in total. The molecule has 1 aromatic carbocycles. The summed E-state index contributed by atoms with van der Waals surface area (Å²) >= 11 is 0. The van der Waals surface area contributed by atoms with Gasteiger partial charge in [0.1, 0.15) is 5.75 Å². The minimum absolute atomic E-state index is 0.0722. The van der Waals surface area contributed by atoms with Gasteiger partial charge in [-0.05, 0) is 44.1 Å². The fourth-order valence-electron chi connectivity index (χ4n) is 1.59. The van der Waals surface area contributed by atoms with E-state index in [9.17, 15) is 4.79 Å². The van der Waals surface area contributed by atoms with Gasteiger partial charge in [-0.15, -0.1) is 0 Å². The maximum absolute atomic E-state index is 11.5. The minimum atomic E-state index is -0.600. The largest absolute Gasteiger partial charge is 0.491 e. The normalized spacial score (nSPS) is 10.6. The third kappa shape index (κ3) is 3.34. The molecule has 0 radical (unpaired) electrons. The first-order valence-electron chi connectivity index (χ1n) is 6.38. The summed E-state index contributed by atoms with van der Waals surface area (Å²) in [4.78, 5) is 15.5. The van der Waals surface area contributed by atoms with Gasteiger partial charge >= 0.3 is 5.97 Å². The number of carbonyl (C=O) groups excluding carboxylic acids is 1. The Morgan fingerprint density at radius 2 is 2.20 bits per heavy atom. The lowest BCUT2D eigenvalue weighted by Gasteiger charge is -2.09. The van der Waals surface area contributed by atoms with Crippen LogP contribution in [0.1, 0.15) is 31.4 Å². The molecule has 0 fully saturated rings. The second-order valence-corrected chi connectivity index (χ2v) is 4.34. The number of aromatic nitrogens is 2. The highest BCUT2D eigenvalue weighted by Gasteiger charge is 2.16. The van der Waals surface area contributed by atoms with Crippen molar-refractivity contribution in [1.29, 1.82) is 0 Å². The number of carbonyl (C=O) groups is 1. The summed E-state index contributed by atoms with van der Waals surface area (Å²) in [7, 11) is 0. The first-order chi connectivity index (χ1) is 9.60. The van der Waals surface area contributed by atoms with E-state index in [1.807, 2.05) is 26.0 Å². The van der Waals surface area contributed by atoms with Crippen molar-refractivity contribution in [2.75, 3.05) is 6.61 Å². The lowest BCUT2D eigenvalue weighted by molar-refractivity contribution is 0.0508. The van der Waals surface area contributed by atoms with Gasteiger partial charge in [0.2, 0.25) is 0 Å². The van der Waals surface area contributed by atoms with E-state index in [0.29, 0.717) is 11.3 Å². The first-order valence-corrected chi connectivity index (χ1v) is 6.38. The molecule has 20 heavy (non-hydrogen) atoms. The van der Waals surface area contributed by atoms with Gasteiger partial charge < -0.3 is 14.0 Å². The summed E-state index contributed by atoms with van der Waals surface area (Å²) in [5.74, 6) is 0.268. The van der Waals surface area contributed by atoms with Crippen LogP contribution in [-0.2, 0) is 4.74 Å². The average Bonchev–Trinajstić information content (AvgIpc) is 2.88. The Bertz CT molecular complexity index is 592. The molecule has 0 bridgehead atoms. The van der Waals surface area contributed by atoms with Crippen molar-refractivity contribution in [3.8, 4) is 17.2 Å². The van der Waals surface area contributed by atoms with Crippen molar-refractivity contribution in [2.45, 2.75) is 26.9 Å². The number of nitrogens with zero attached hydrogens (tertiary/aromatic N) is 2. The Labute approximate surface area is 116 Å². The van der Waals surface area contributed by atoms with Crippen molar-refractivity contribution in [2.24, 2.45) is 0 Å². The standard InChI is InChI=1S/C14H16N2O4/c1-4-18-14(17)12-15-13(20-16-12)10-6-5-7-11(8-10)19-9(2)3/h5-9H,4H2,1-3H3. The first kappa shape index (κ1) is 14.0. The molecular formula is C14H16N2O4. The second-order valence-electron chi connectivity index (χ2n) is 4.34. The third-order valence-corrected chi connectivity index (χ3v) is 2.34. The third-order valence-electron chi connectivity index (χ3n) is 2.34. The van der Waals surface area contributed by atoms with Crippen molar-refractivity contribution >= 4 is 5.97 Å². The highest BCUT2D eigenvalue weighted by molar-refractivity contribution is 5.85. The predicted molar refractivity (Wildman–Crippen MR) is 71.5 cm³/mol. The number of ether oxygens (including phenoxy) is 2. The Hall–Kier alpha value is -2.37. The summed E-state index contributed by atoms with van der Waals surface area (Å²) in [6.07, 6.45) is 0.0722. The average molecular weight is 276 g/mol. The van der Waals surface area contributed by atoms with E-state index in [-0.39, 0.29) is 24.4 Å². The smallest absolute Gasteiger partial charge is 0.379 e. The minimum Gasteiger partial charge on any atom is -0.491 e. The van der Waals surface area contributed by atoms with Crippen molar-refractivity contribution < 1.29 is 18.8 Å². The zero-order valence-electron chi connectivity index (χ0n) is 11.6. The molecule has 0 saturated heterocycles. The Kier molecular flexibility index (Phi) is 4.34. The number of esters is 1. The summed E-state index contributed by atoms with van der Waals surface area (Å²) < 4.78 is 15.5. The SMILES string of the molecule is CCOC(=O)c1noc(-c2cccc(OC(C)C)c2)n1. The molecule has 0 spiro atoms. The molecule has 0 aliphatic rings. The quantitative estimate of drug-likeness (QED) is 0.782. The second kappa shape index (κ2) is 6.18. The van der Waals surface area contributed by atoms with Gasteiger partial charge in [-0.1, -0.05) is 6.07 Å². The topological polar surface area (TPSA) is 74.5 Å². The molecule has 2 rings (SSSR count). The number of rotatable bonds is 5. The van der Waals surface area contributed by atoms with E-state index in [1.54, 1.807) is 19.1 Å². The van der Waals surface area contributed by atoms with Crippen LogP contribution in [0.5, 0.6) is 5.75 Å². The predicted octanol–water partition coefficient (Wildman–Crippen LogP) is 2.70. The van der Waals surface area contributed by atoms with Crippen LogP contribution >= 0.6 is 0 Å². The number of hydrogen-bond donors (Lipinski definition) is 0. The monoisotopic (exact) mass is 276 g/mol. The molecule has 0 aliphatic heterocycles. The van der Waals surface area contributed by atoms with Crippen LogP contribution in [0, 0.1) is 0 Å². The van der Waals surface area contributed by atoms with Crippen LogP contribution in [0.25, 0.3) is 11.5 Å². The molecule has 0 amide bonds. The fraction of sp³-hybridized carbons (Fsp3) is 0.357. The van der Waals surface area contributed by atoms with Gasteiger partial charge in [0.15, 0.2) is 0 Å². The molecule has 106 valence electrons.